The second-order valence-corrected chi connectivity index (χ2v) is 8.66. The topological polar surface area (TPSA) is 77.3 Å². The number of carbonyl (C=O) groups is 1. The fraction of sp³-hybridized carbons (Fsp3) is 0.667. The van der Waals surface area contributed by atoms with Crippen LogP contribution in [0.4, 0.5) is 0 Å². The number of hydrogen-bond acceptors (Lipinski definition) is 7. The molecule has 0 spiro atoms. The number of nitrogens with zero attached hydrogens (tertiary/aromatic N) is 7. The number of piperazine rings is 1. The molecule has 0 bridgehead atoms. The minimum absolute atomic E-state index is 0.0299. The van der Waals surface area contributed by atoms with Gasteiger partial charge < -0.3 is 9.80 Å². The molecule has 1 amide bonds. The molecular formula is C21H29N7O. The molecule has 1 aliphatic carbocycles. The van der Waals surface area contributed by atoms with Crippen LogP contribution in [0.1, 0.15) is 37.3 Å². The van der Waals surface area contributed by atoms with Crippen molar-refractivity contribution in [2.45, 2.75) is 43.8 Å². The standard InChI is InChI=1S/C21H29N7O/c29-21(28-8-6-27(7-9-28)18-2-1-3-18)14-26-5-4-16-10-19(24-25-20(16)13-26)17-11-22-15-23-12-17/h4-5,11-12,15-16,18-20H,1-3,6-10,13-14H2. The van der Waals surface area contributed by atoms with E-state index in [0.29, 0.717) is 12.5 Å². The predicted octanol–water partition coefficient (Wildman–Crippen LogP) is 1.88. The normalized spacial score (nSPS) is 30.1. The van der Waals surface area contributed by atoms with Gasteiger partial charge >= 0.3 is 0 Å². The fourth-order valence-electron chi connectivity index (χ4n) is 4.79. The van der Waals surface area contributed by atoms with Crippen molar-refractivity contribution in [3.63, 3.8) is 0 Å². The third-order valence-electron chi connectivity index (χ3n) is 6.87. The van der Waals surface area contributed by atoms with E-state index in [1.165, 1.54) is 25.6 Å². The van der Waals surface area contributed by atoms with Crippen molar-refractivity contribution in [1.82, 2.24) is 24.7 Å². The molecule has 4 heterocycles. The number of amides is 1. The lowest BCUT2D eigenvalue weighted by Crippen LogP contribution is -2.55. The lowest BCUT2D eigenvalue weighted by Gasteiger charge is -2.43. The van der Waals surface area contributed by atoms with E-state index in [4.69, 9.17) is 0 Å². The molecule has 3 atom stereocenters. The number of aromatic nitrogens is 2. The van der Waals surface area contributed by atoms with Gasteiger partial charge in [-0.3, -0.25) is 9.69 Å². The van der Waals surface area contributed by atoms with Gasteiger partial charge in [0, 0.05) is 62.6 Å². The monoisotopic (exact) mass is 395 g/mol. The Morgan fingerprint density at radius 1 is 1.07 bits per heavy atom. The minimum Gasteiger partial charge on any atom is -0.366 e. The van der Waals surface area contributed by atoms with Crippen LogP contribution in [0.15, 0.2) is 41.2 Å². The molecular weight excluding hydrogens is 366 g/mol. The minimum atomic E-state index is 0.0299. The second-order valence-electron chi connectivity index (χ2n) is 8.66. The number of fused-ring (bicyclic) bond motifs is 1. The molecule has 1 saturated carbocycles. The van der Waals surface area contributed by atoms with Crippen LogP contribution in [0.3, 0.4) is 0 Å². The summed E-state index contributed by atoms with van der Waals surface area (Å²) in [6.45, 7) is 4.97. The van der Waals surface area contributed by atoms with Gasteiger partial charge in [0.15, 0.2) is 0 Å². The highest BCUT2D eigenvalue weighted by molar-refractivity contribution is 5.78. The van der Waals surface area contributed by atoms with Crippen molar-refractivity contribution < 1.29 is 4.79 Å². The van der Waals surface area contributed by atoms with E-state index in [1.54, 1.807) is 0 Å². The van der Waals surface area contributed by atoms with Gasteiger partial charge in [-0.05, 0) is 25.5 Å². The van der Waals surface area contributed by atoms with E-state index in [-0.39, 0.29) is 18.0 Å². The number of rotatable bonds is 4. The summed E-state index contributed by atoms with van der Waals surface area (Å²) in [5.74, 6) is 0.587. The highest BCUT2D eigenvalue weighted by Crippen LogP contribution is 2.35. The Labute approximate surface area is 171 Å². The summed E-state index contributed by atoms with van der Waals surface area (Å²) in [5.41, 5.74) is 1.02. The number of hydrogen-bond donors (Lipinski definition) is 0. The molecule has 1 aromatic rings. The smallest absolute Gasteiger partial charge is 0.242 e. The largest absolute Gasteiger partial charge is 0.366 e. The Bertz CT molecular complexity index is 770. The Kier molecular flexibility index (Phi) is 5.26. The Morgan fingerprint density at radius 2 is 1.86 bits per heavy atom. The zero-order chi connectivity index (χ0) is 19.6. The van der Waals surface area contributed by atoms with Gasteiger partial charge in [-0.15, -0.1) is 0 Å². The van der Waals surface area contributed by atoms with Crippen molar-refractivity contribution >= 4 is 5.91 Å². The van der Waals surface area contributed by atoms with E-state index in [9.17, 15) is 4.79 Å². The molecule has 0 N–H and O–H groups in total. The van der Waals surface area contributed by atoms with Crippen LogP contribution in [0.5, 0.6) is 0 Å². The van der Waals surface area contributed by atoms with Gasteiger partial charge in [0.1, 0.15) is 6.33 Å². The Balaban J connectivity index is 1.13. The van der Waals surface area contributed by atoms with Crippen molar-refractivity contribution in [3.05, 3.63) is 36.6 Å². The van der Waals surface area contributed by atoms with Crippen molar-refractivity contribution in [2.75, 3.05) is 39.3 Å². The van der Waals surface area contributed by atoms with E-state index < -0.39 is 0 Å². The second kappa shape index (κ2) is 8.18. The van der Waals surface area contributed by atoms with E-state index in [0.717, 1.165) is 50.7 Å². The number of azo groups is 1. The van der Waals surface area contributed by atoms with Gasteiger partial charge in [0.2, 0.25) is 5.91 Å². The Morgan fingerprint density at radius 3 is 2.59 bits per heavy atom. The summed E-state index contributed by atoms with van der Waals surface area (Å²) in [7, 11) is 0. The maximum atomic E-state index is 12.8. The molecule has 2 fully saturated rings. The maximum absolute atomic E-state index is 12.8. The lowest BCUT2D eigenvalue weighted by atomic mass is 9.87. The van der Waals surface area contributed by atoms with Gasteiger partial charge in [0.05, 0.1) is 18.6 Å². The van der Waals surface area contributed by atoms with Gasteiger partial charge in [-0.2, -0.15) is 10.2 Å². The molecule has 5 rings (SSSR count). The molecule has 3 aliphatic heterocycles. The molecule has 3 unspecified atom stereocenters. The van der Waals surface area contributed by atoms with Crippen LogP contribution in [0.2, 0.25) is 0 Å². The molecule has 0 radical (unpaired) electrons. The molecule has 0 aromatic carbocycles. The summed E-state index contributed by atoms with van der Waals surface area (Å²) in [6, 6.07) is 0.934. The van der Waals surface area contributed by atoms with E-state index in [2.05, 4.69) is 42.3 Å². The van der Waals surface area contributed by atoms with Crippen LogP contribution < -0.4 is 0 Å². The predicted molar refractivity (Wildman–Crippen MR) is 108 cm³/mol. The molecule has 1 aromatic heterocycles. The zero-order valence-electron chi connectivity index (χ0n) is 16.8. The molecule has 154 valence electrons. The van der Waals surface area contributed by atoms with Crippen LogP contribution in [0.25, 0.3) is 0 Å². The molecule has 29 heavy (non-hydrogen) atoms. The first-order valence-corrected chi connectivity index (χ1v) is 10.9. The van der Waals surface area contributed by atoms with Crippen LogP contribution >= 0.6 is 0 Å². The SMILES string of the molecule is O=C(CN1C=CC2CC(c3cncnc3)N=NC2C1)N1CCN(C2CCC2)CC1. The van der Waals surface area contributed by atoms with Crippen LogP contribution in [-0.2, 0) is 4.79 Å². The average molecular weight is 396 g/mol. The maximum Gasteiger partial charge on any atom is 0.242 e. The summed E-state index contributed by atoms with van der Waals surface area (Å²) >= 11 is 0. The molecule has 1 saturated heterocycles. The van der Waals surface area contributed by atoms with E-state index in [1.807, 2.05) is 17.3 Å². The average Bonchev–Trinajstić information content (AvgIpc) is 2.73. The lowest BCUT2D eigenvalue weighted by molar-refractivity contribution is -0.134. The van der Waals surface area contributed by atoms with Gasteiger partial charge in [-0.25, -0.2) is 9.97 Å². The van der Waals surface area contributed by atoms with Crippen molar-refractivity contribution in [1.29, 1.82) is 0 Å². The van der Waals surface area contributed by atoms with Crippen molar-refractivity contribution in [3.8, 4) is 0 Å². The third kappa shape index (κ3) is 4.03. The first-order valence-electron chi connectivity index (χ1n) is 10.9. The first-order chi connectivity index (χ1) is 14.3. The van der Waals surface area contributed by atoms with Gasteiger partial charge in [0.25, 0.3) is 0 Å². The van der Waals surface area contributed by atoms with Gasteiger partial charge in [-0.1, -0.05) is 12.5 Å². The summed E-state index contributed by atoms with van der Waals surface area (Å²) in [5, 5.41) is 9.08. The third-order valence-corrected chi connectivity index (χ3v) is 6.87. The summed E-state index contributed by atoms with van der Waals surface area (Å²) < 4.78 is 0. The highest BCUT2D eigenvalue weighted by Gasteiger charge is 2.34. The van der Waals surface area contributed by atoms with E-state index >= 15 is 0 Å². The van der Waals surface area contributed by atoms with Crippen molar-refractivity contribution in [2.24, 2.45) is 16.1 Å². The van der Waals surface area contributed by atoms with Crippen LogP contribution in [-0.4, -0.2) is 81.9 Å². The fourth-order valence-corrected chi connectivity index (χ4v) is 4.79. The highest BCUT2D eigenvalue weighted by atomic mass is 16.2. The summed E-state index contributed by atoms with van der Waals surface area (Å²) in [4.78, 5) is 27.7. The van der Waals surface area contributed by atoms with Crippen LogP contribution in [0, 0.1) is 5.92 Å². The molecule has 4 aliphatic rings. The summed E-state index contributed by atoms with van der Waals surface area (Å²) in [6.07, 6.45) is 14.4. The first kappa shape index (κ1) is 18.7. The molecule has 8 heteroatoms. The number of carbonyl (C=O) groups excluding carboxylic acids is 1. The molecule has 8 nitrogen and oxygen atoms in total. The Hall–Kier alpha value is -2.35. The zero-order valence-corrected chi connectivity index (χ0v) is 16.8. The quantitative estimate of drug-likeness (QED) is 0.778.